The predicted octanol–water partition coefficient (Wildman–Crippen LogP) is 2.25. The van der Waals surface area contributed by atoms with Crippen LogP contribution in [0.5, 0.6) is 0 Å². The van der Waals surface area contributed by atoms with E-state index in [0.29, 0.717) is 6.54 Å². The highest BCUT2D eigenvalue weighted by Gasteiger charge is 2.48. The van der Waals surface area contributed by atoms with E-state index in [1.807, 2.05) is 44.2 Å². The van der Waals surface area contributed by atoms with Gasteiger partial charge in [0.25, 0.3) is 0 Å². The molecule has 0 radical (unpaired) electrons. The van der Waals surface area contributed by atoms with E-state index < -0.39 is 36.2 Å². The Kier molecular flexibility index (Phi) is 6.96. The van der Waals surface area contributed by atoms with Gasteiger partial charge in [0, 0.05) is 39.4 Å². The number of benzene rings is 1. The second-order valence-corrected chi connectivity index (χ2v) is 6.82. The van der Waals surface area contributed by atoms with Crippen molar-refractivity contribution < 1.29 is 28.6 Å². The van der Waals surface area contributed by atoms with Crippen LogP contribution in [0.25, 0.3) is 0 Å². The number of nitrogens with zero attached hydrogens (tertiary/aromatic N) is 1. The molecule has 0 aliphatic carbocycles. The van der Waals surface area contributed by atoms with Crippen molar-refractivity contribution in [2.75, 3.05) is 6.54 Å². The minimum Gasteiger partial charge on any atom is -0.457 e. The van der Waals surface area contributed by atoms with Gasteiger partial charge in [0.1, 0.15) is 0 Å². The smallest absolute Gasteiger partial charge is 0.303 e. The van der Waals surface area contributed by atoms with Crippen LogP contribution in [0, 0.1) is 0 Å². The van der Waals surface area contributed by atoms with Crippen LogP contribution in [-0.2, 0) is 28.6 Å². The van der Waals surface area contributed by atoms with Crippen LogP contribution >= 0.6 is 0 Å². The van der Waals surface area contributed by atoms with E-state index in [4.69, 9.17) is 14.2 Å². The summed E-state index contributed by atoms with van der Waals surface area (Å²) in [6, 6.07) is 9.60. The molecule has 1 aliphatic rings. The molecule has 7 nitrogen and oxygen atoms in total. The summed E-state index contributed by atoms with van der Waals surface area (Å²) in [5.41, 5.74) is 1.08. The number of esters is 3. The van der Waals surface area contributed by atoms with Crippen molar-refractivity contribution in [2.24, 2.45) is 0 Å². The molecule has 1 aromatic carbocycles. The molecule has 0 saturated carbocycles. The maximum atomic E-state index is 11.7. The van der Waals surface area contributed by atoms with Gasteiger partial charge in [-0.05, 0) is 19.4 Å². The zero-order valence-electron chi connectivity index (χ0n) is 16.4. The molecule has 0 N–H and O–H groups in total. The SMILES string of the molecule is CC(=O)O[C@@H]1[C@H](OC(C)=O)[C@H](C)N([C@H](C)c2ccccc2)C[C@H]1OC(C)=O. The summed E-state index contributed by atoms with van der Waals surface area (Å²) in [7, 11) is 0. The number of hydrogen-bond donors (Lipinski definition) is 0. The molecule has 1 heterocycles. The first kappa shape index (κ1) is 20.9. The predicted molar refractivity (Wildman–Crippen MR) is 97.7 cm³/mol. The van der Waals surface area contributed by atoms with Crippen molar-refractivity contribution in [3.05, 3.63) is 35.9 Å². The Bertz CT molecular complexity index is 676. The van der Waals surface area contributed by atoms with Gasteiger partial charge in [-0.1, -0.05) is 30.3 Å². The van der Waals surface area contributed by atoms with Crippen molar-refractivity contribution in [1.82, 2.24) is 4.90 Å². The maximum absolute atomic E-state index is 11.7. The Balaban J connectivity index is 2.37. The van der Waals surface area contributed by atoms with Gasteiger partial charge in [-0.15, -0.1) is 0 Å². The molecule has 1 saturated heterocycles. The highest BCUT2D eigenvalue weighted by molar-refractivity contribution is 5.68. The Morgan fingerprint density at radius 2 is 1.44 bits per heavy atom. The van der Waals surface area contributed by atoms with Gasteiger partial charge < -0.3 is 14.2 Å². The molecule has 0 amide bonds. The van der Waals surface area contributed by atoms with Crippen LogP contribution in [0.3, 0.4) is 0 Å². The fourth-order valence-corrected chi connectivity index (χ4v) is 3.60. The monoisotopic (exact) mass is 377 g/mol. The lowest BCUT2D eigenvalue weighted by Crippen LogP contribution is -2.63. The van der Waals surface area contributed by atoms with Gasteiger partial charge in [-0.3, -0.25) is 19.3 Å². The maximum Gasteiger partial charge on any atom is 0.303 e. The number of likely N-dealkylation sites (tertiary alicyclic amines) is 1. The highest BCUT2D eigenvalue weighted by Crippen LogP contribution is 2.32. The average molecular weight is 377 g/mol. The summed E-state index contributed by atoms with van der Waals surface area (Å²) in [5, 5.41) is 0. The van der Waals surface area contributed by atoms with E-state index in [1.54, 1.807) is 0 Å². The third-order valence-corrected chi connectivity index (χ3v) is 4.78. The average Bonchev–Trinajstić information content (AvgIpc) is 2.59. The van der Waals surface area contributed by atoms with Crippen molar-refractivity contribution in [2.45, 2.75) is 65.0 Å². The molecule has 0 aromatic heterocycles. The van der Waals surface area contributed by atoms with Crippen LogP contribution in [0.1, 0.15) is 46.2 Å². The van der Waals surface area contributed by atoms with Gasteiger partial charge in [0.15, 0.2) is 18.3 Å². The molecule has 1 aliphatic heterocycles. The molecule has 27 heavy (non-hydrogen) atoms. The zero-order chi connectivity index (χ0) is 20.1. The zero-order valence-corrected chi connectivity index (χ0v) is 16.4. The molecule has 0 bridgehead atoms. The Hall–Kier alpha value is -2.41. The van der Waals surface area contributed by atoms with Crippen LogP contribution in [0.2, 0.25) is 0 Å². The first-order valence-corrected chi connectivity index (χ1v) is 9.03. The van der Waals surface area contributed by atoms with Crippen molar-refractivity contribution in [3.8, 4) is 0 Å². The fourth-order valence-electron chi connectivity index (χ4n) is 3.60. The third kappa shape index (κ3) is 5.29. The lowest BCUT2D eigenvalue weighted by atomic mass is 9.91. The normalized spacial score (nSPS) is 26.7. The molecule has 5 atom stereocenters. The second kappa shape index (κ2) is 8.99. The van der Waals surface area contributed by atoms with Gasteiger partial charge in [-0.2, -0.15) is 0 Å². The standard InChI is InChI=1S/C20H27NO6/c1-12(17-9-7-6-8-10-17)21-11-18(25-14(3)22)20(27-16(5)24)19(13(21)2)26-15(4)23/h6-10,12-13,18-20H,11H2,1-5H3/t12-,13+,18-,19-,20+/m1/s1. The Labute approximate surface area is 159 Å². The van der Waals surface area contributed by atoms with E-state index in [9.17, 15) is 14.4 Å². The fraction of sp³-hybridized carbons (Fsp3) is 0.550. The van der Waals surface area contributed by atoms with Crippen LogP contribution in [0.4, 0.5) is 0 Å². The summed E-state index contributed by atoms with van der Waals surface area (Å²) in [6.07, 6.45) is -2.35. The first-order valence-electron chi connectivity index (χ1n) is 9.03. The molecule has 148 valence electrons. The van der Waals surface area contributed by atoms with Gasteiger partial charge in [0.2, 0.25) is 0 Å². The lowest BCUT2D eigenvalue weighted by molar-refractivity contribution is -0.205. The number of carbonyl (C=O) groups is 3. The van der Waals surface area contributed by atoms with E-state index in [0.717, 1.165) is 5.56 Å². The summed E-state index contributed by atoms with van der Waals surface area (Å²) in [6.45, 7) is 8.18. The van der Waals surface area contributed by atoms with E-state index in [2.05, 4.69) is 4.90 Å². The quantitative estimate of drug-likeness (QED) is 0.575. The number of carbonyl (C=O) groups excluding carboxylic acids is 3. The van der Waals surface area contributed by atoms with Crippen LogP contribution in [-0.4, -0.2) is 53.7 Å². The topological polar surface area (TPSA) is 82.1 Å². The molecule has 1 fully saturated rings. The summed E-state index contributed by atoms with van der Waals surface area (Å²) < 4.78 is 16.3. The highest BCUT2D eigenvalue weighted by atomic mass is 16.6. The van der Waals surface area contributed by atoms with Crippen molar-refractivity contribution in [1.29, 1.82) is 0 Å². The summed E-state index contributed by atoms with van der Waals surface area (Å²) >= 11 is 0. The Morgan fingerprint density at radius 1 is 0.926 bits per heavy atom. The minimum atomic E-state index is -0.857. The number of ether oxygens (including phenoxy) is 3. The largest absolute Gasteiger partial charge is 0.457 e. The lowest BCUT2D eigenvalue weighted by Gasteiger charge is -2.48. The molecule has 0 unspecified atom stereocenters. The molecule has 2 rings (SSSR count). The van der Waals surface area contributed by atoms with E-state index in [1.165, 1.54) is 20.8 Å². The van der Waals surface area contributed by atoms with E-state index in [-0.39, 0.29) is 12.1 Å². The molecular formula is C20H27NO6. The number of piperidine rings is 1. The summed E-state index contributed by atoms with van der Waals surface area (Å²) in [5.74, 6) is -1.49. The van der Waals surface area contributed by atoms with Crippen LogP contribution < -0.4 is 0 Å². The van der Waals surface area contributed by atoms with E-state index >= 15 is 0 Å². The van der Waals surface area contributed by atoms with Crippen LogP contribution in [0.15, 0.2) is 30.3 Å². The van der Waals surface area contributed by atoms with Crippen molar-refractivity contribution in [3.63, 3.8) is 0 Å². The molecule has 0 spiro atoms. The van der Waals surface area contributed by atoms with Gasteiger partial charge in [-0.25, -0.2) is 0 Å². The second-order valence-electron chi connectivity index (χ2n) is 6.82. The summed E-state index contributed by atoms with van der Waals surface area (Å²) in [4.78, 5) is 37.0. The number of hydrogen-bond acceptors (Lipinski definition) is 7. The molecular weight excluding hydrogens is 350 g/mol. The van der Waals surface area contributed by atoms with Gasteiger partial charge >= 0.3 is 17.9 Å². The third-order valence-electron chi connectivity index (χ3n) is 4.78. The molecule has 1 aromatic rings. The Morgan fingerprint density at radius 3 is 1.96 bits per heavy atom. The first-order chi connectivity index (χ1) is 12.7. The van der Waals surface area contributed by atoms with Crippen molar-refractivity contribution >= 4 is 17.9 Å². The molecule has 7 heteroatoms. The number of rotatable bonds is 5. The van der Waals surface area contributed by atoms with Gasteiger partial charge in [0.05, 0.1) is 0 Å². The minimum absolute atomic E-state index is 0.0180.